The summed E-state index contributed by atoms with van der Waals surface area (Å²) in [6, 6.07) is 9.61. The second kappa shape index (κ2) is 9.98. The molecule has 0 bridgehead atoms. The first-order valence-electron chi connectivity index (χ1n) is 13.1. The van der Waals surface area contributed by atoms with Gasteiger partial charge in [0.15, 0.2) is 0 Å². The van der Waals surface area contributed by atoms with Gasteiger partial charge in [-0.1, -0.05) is 25.0 Å². The second-order valence-electron chi connectivity index (χ2n) is 10.2. The molecule has 9 heteroatoms. The van der Waals surface area contributed by atoms with Crippen LogP contribution in [0, 0.1) is 0 Å². The minimum atomic E-state index is -0.560. The van der Waals surface area contributed by atoms with Crippen molar-refractivity contribution in [2.75, 3.05) is 18.1 Å². The number of rotatable bonds is 6. The molecule has 6 rings (SSSR count). The van der Waals surface area contributed by atoms with Gasteiger partial charge in [-0.05, 0) is 48.6 Å². The van der Waals surface area contributed by atoms with E-state index in [1.54, 1.807) is 22.0 Å². The van der Waals surface area contributed by atoms with E-state index < -0.39 is 6.10 Å². The van der Waals surface area contributed by atoms with Crippen molar-refractivity contribution < 1.29 is 14.7 Å². The van der Waals surface area contributed by atoms with E-state index in [9.17, 15) is 14.7 Å². The lowest BCUT2D eigenvalue weighted by molar-refractivity contribution is -0.106. The molecule has 2 atom stereocenters. The van der Waals surface area contributed by atoms with Gasteiger partial charge in [0, 0.05) is 36.6 Å². The molecule has 1 aromatic carbocycles. The lowest BCUT2D eigenvalue weighted by atomic mass is 9.89. The molecule has 1 aliphatic carbocycles. The van der Waals surface area contributed by atoms with Crippen LogP contribution in [0.25, 0.3) is 22.2 Å². The average Bonchev–Trinajstić information content (AvgIpc) is 3.37. The van der Waals surface area contributed by atoms with Gasteiger partial charge >= 0.3 is 0 Å². The lowest BCUT2D eigenvalue weighted by Crippen LogP contribution is -2.56. The minimum Gasteiger partial charge on any atom is -0.391 e. The molecule has 0 spiro atoms. The molecule has 1 saturated carbocycles. The van der Waals surface area contributed by atoms with Crippen molar-refractivity contribution in [2.45, 2.75) is 44.2 Å². The number of aldehydes is 1. The summed E-state index contributed by atoms with van der Waals surface area (Å²) in [7, 11) is 1.88. The summed E-state index contributed by atoms with van der Waals surface area (Å²) < 4.78 is 1.75. The number of hydrogen-bond donors (Lipinski definition) is 1. The molecule has 3 aromatic heterocycles. The average molecular weight is 511 g/mol. The molecular weight excluding hydrogens is 480 g/mol. The largest absolute Gasteiger partial charge is 0.391 e. The number of benzene rings is 1. The van der Waals surface area contributed by atoms with Crippen LogP contribution in [0.15, 0.2) is 55.1 Å². The number of hydrogen-bond acceptors (Lipinski definition) is 7. The lowest BCUT2D eigenvalue weighted by Gasteiger charge is -2.44. The predicted octanol–water partition coefficient (Wildman–Crippen LogP) is 3.34. The highest BCUT2D eigenvalue weighted by atomic mass is 16.3. The zero-order valence-electron chi connectivity index (χ0n) is 21.3. The first-order chi connectivity index (χ1) is 18.5. The highest BCUT2D eigenvalue weighted by Gasteiger charge is 2.39. The van der Waals surface area contributed by atoms with E-state index in [1.807, 2.05) is 54.7 Å². The molecule has 194 valence electrons. The van der Waals surface area contributed by atoms with Crippen molar-refractivity contribution >= 4 is 28.8 Å². The molecule has 1 aliphatic heterocycles. The number of pyridine rings is 2. The summed E-state index contributed by atoms with van der Waals surface area (Å²) in [5.41, 5.74) is 5.70. The molecule has 2 aliphatic rings. The maximum absolute atomic E-state index is 13.9. The summed E-state index contributed by atoms with van der Waals surface area (Å²) in [4.78, 5) is 38.5. The molecular formula is C29H30N6O3. The third kappa shape index (κ3) is 4.32. The fraction of sp³-hybridized carbons (Fsp3) is 0.345. The van der Waals surface area contributed by atoms with Crippen molar-refractivity contribution in [1.82, 2.24) is 24.6 Å². The smallest absolute Gasteiger partial charge is 0.257 e. The normalized spacial score (nSPS) is 19.6. The topological polar surface area (TPSA) is 104 Å². The van der Waals surface area contributed by atoms with Gasteiger partial charge < -0.3 is 19.7 Å². The Labute approximate surface area is 220 Å². The standard InChI is InChI=1S/C29H30N6O3/c1-33-17-21(16-32-33)24-9-8-19(15-31-24)13-20-14-23-28(27-22(20)5-4-10-30-27)34(11-12-36)18-35(29(23)38)25-6-2-3-7-26(25)37/h4-5,8-10,12,14-17,25-26,37H,2-3,6-7,11,13,18H2,1H3/t25-,26-/m0/s1. The third-order valence-corrected chi connectivity index (χ3v) is 7.69. The van der Waals surface area contributed by atoms with E-state index in [4.69, 9.17) is 0 Å². The number of aromatic nitrogens is 4. The van der Waals surface area contributed by atoms with Crippen LogP contribution in [0.5, 0.6) is 0 Å². The fourth-order valence-corrected chi connectivity index (χ4v) is 5.83. The number of carbonyl (C=O) groups is 2. The van der Waals surface area contributed by atoms with Crippen molar-refractivity contribution in [1.29, 1.82) is 0 Å². The van der Waals surface area contributed by atoms with E-state index in [1.165, 1.54) is 0 Å². The van der Waals surface area contributed by atoms with Crippen molar-refractivity contribution in [3.8, 4) is 11.3 Å². The summed E-state index contributed by atoms with van der Waals surface area (Å²) in [5.74, 6) is -0.119. The molecule has 9 nitrogen and oxygen atoms in total. The third-order valence-electron chi connectivity index (χ3n) is 7.69. The fourth-order valence-electron chi connectivity index (χ4n) is 5.83. The van der Waals surface area contributed by atoms with Crippen LogP contribution in [0.1, 0.15) is 47.2 Å². The maximum atomic E-state index is 13.9. The van der Waals surface area contributed by atoms with Crippen LogP contribution < -0.4 is 4.90 Å². The Morgan fingerprint density at radius 3 is 2.74 bits per heavy atom. The molecule has 1 amide bonds. The number of aliphatic hydroxyl groups is 1. The highest BCUT2D eigenvalue weighted by molar-refractivity contribution is 6.10. The molecule has 1 fully saturated rings. The Kier molecular flexibility index (Phi) is 6.37. The van der Waals surface area contributed by atoms with Crippen LogP contribution in [-0.4, -0.2) is 67.3 Å². The van der Waals surface area contributed by atoms with Gasteiger partial charge in [-0.25, -0.2) is 0 Å². The van der Waals surface area contributed by atoms with Crippen molar-refractivity contribution in [3.05, 3.63) is 71.8 Å². The van der Waals surface area contributed by atoms with Gasteiger partial charge in [-0.2, -0.15) is 5.10 Å². The molecule has 4 heterocycles. The zero-order valence-corrected chi connectivity index (χ0v) is 21.3. The summed E-state index contributed by atoms with van der Waals surface area (Å²) in [5, 5.41) is 15.9. The SMILES string of the molecule is Cn1cc(-c2ccc(Cc3cc4c(c5ncccc35)N(CC=O)CN([C@H]3CCCC[C@@H]3O)C4=O)cn2)cn1. The van der Waals surface area contributed by atoms with E-state index in [0.717, 1.165) is 53.3 Å². The number of anilines is 1. The van der Waals surface area contributed by atoms with Crippen LogP contribution in [0.3, 0.4) is 0 Å². The van der Waals surface area contributed by atoms with Crippen molar-refractivity contribution in [3.63, 3.8) is 0 Å². The first kappa shape index (κ1) is 24.2. The number of amides is 1. The quantitative estimate of drug-likeness (QED) is 0.397. The summed E-state index contributed by atoms with van der Waals surface area (Å²) in [6.45, 7) is 0.404. The van der Waals surface area contributed by atoms with Crippen molar-refractivity contribution in [2.24, 2.45) is 7.05 Å². The maximum Gasteiger partial charge on any atom is 0.257 e. The van der Waals surface area contributed by atoms with Crippen LogP contribution in [-0.2, 0) is 18.3 Å². The van der Waals surface area contributed by atoms with Gasteiger partial charge in [-0.15, -0.1) is 0 Å². The van der Waals surface area contributed by atoms with Crippen LogP contribution >= 0.6 is 0 Å². The van der Waals surface area contributed by atoms with E-state index >= 15 is 0 Å². The Bertz CT molecular complexity index is 1500. The highest BCUT2D eigenvalue weighted by Crippen LogP contribution is 2.38. The van der Waals surface area contributed by atoms with E-state index in [2.05, 4.69) is 15.1 Å². The first-order valence-corrected chi connectivity index (χ1v) is 13.1. The molecule has 1 N–H and O–H groups in total. The molecule has 0 unspecified atom stereocenters. The van der Waals surface area contributed by atoms with Gasteiger partial charge in [0.25, 0.3) is 5.91 Å². The number of carbonyl (C=O) groups excluding carboxylic acids is 2. The van der Waals surface area contributed by atoms with Crippen LogP contribution in [0.4, 0.5) is 5.69 Å². The molecule has 4 aromatic rings. The second-order valence-corrected chi connectivity index (χ2v) is 10.2. The monoisotopic (exact) mass is 510 g/mol. The van der Waals surface area contributed by atoms with Gasteiger partial charge in [-0.3, -0.25) is 19.4 Å². The Morgan fingerprint density at radius 2 is 2.00 bits per heavy atom. The number of nitrogens with zero attached hydrogens (tertiary/aromatic N) is 6. The number of aliphatic hydroxyl groups excluding tert-OH is 1. The van der Waals surface area contributed by atoms with Gasteiger partial charge in [0.05, 0.1) is 54.0 Å². The number of aryl methyl sites for hydroxylation is 1. The summed E-state index contributed by atoms with van der Waals surface area (Å²) in [6.07, 6.45) is 11.5. The molecule has 38 heavy (non-hydrogen) atoms. The van der Waals surface area contributed by atoms with E-state index in [-0.39, 0.29) is 25.2 Å². The van der Waals surface area contributed by atoms with Crippen LogP contribution in [0.2, 0.25) is 0 Å². The molecule has 0 saturated heterocycles. The zero-order chi connectivity index (χ0) is 26.2. The predicted molar refractivity (Wildman–Crippen MR) is 144 cm³/mol. The summed E-state index contributed by atoms with van der Waals surface area (Å²) >= 11 is 0. The Hall–Kier alpha value is -4.11. The molecule has 0 radical (unpaired) electrons. The Morgan fingerprint density at radius 1 is 1.13 bits per heavy atom. The minimum absolute atomic E-state index is 0.119. The van der Waals surface area contributed by atoms with E-state index in [0.29, 0.717) is 29.6 Å². The van der Waals surface area contributed by atoms with Gasteiger partial charge in [0.1, 0.15) is 6.29 Å². The van der Waals surface area contributed by atoms with Gasteiger partial charge in [0.2, 0.25) is 0 Å². The Balaban J connectivity index is 1.41. The number of fused-ring (bicyclic) bond motifs is 3.